The Kier molecular flexibility index (Phi) is 7.54. The fourth-order valence-electron chi connectivity index (χ4n) is 2.81. The molecule has 1 aromatic heterocycles. The Morgan fingerprint density at radius 2 is 1.90 bits per heavy atom. The number of ether oxygens (including phenoxy) is 3. The monoisotopic (exact) mass is 503 g/mol. The molecule has 0 saturated heterocycles. The van der Waals surface area contributed by atoms with E-state index in [1.54, 1.807) is 43.3 Å². The van der Waals surface area contributed by atoms with Crippen LogP contribution in [0.5, 0.6) is 23.0 Å². The van der Waals surface area contributed by atoms with Crippen LogP contribution in [0.1, 0.15) is 5.56 Å². The lowest BCUT2D eigenvalue weighted by Crippen LogP contribution is -2.12. The van der Waals surface area contributed by atoms with Gasteiger partial charge in [0.2, 0.25) is 4.80 Å². The summed E-state index contributed by atoms with van der Waals surface area (Å²) in [4.78, 5) is 5.25. The topological polar surface area (TPSA) is 77.6 Å². The van der Waals surface area contributed by atoms with Gasteiger partial charge in [0, 0.05) is 10.9 Å². The summed E-state index contributed by atoms with van der Waals surface area (Å²) in [6, 6.07) is 9.03. The molecule has 0 unspecified atom stereocenters. The Morgan fingerprint density at radius 3 is 2.58 bits per heavy atom. The van der Waals surface area contributed by atoms with Crippen LogP contribution in [-0.2, 0) is 0 Å². The zero-order valence-electron chi connectivity index (χ0n) is 17.3. The average molecular weight is 504 g/mol. The number of aromatic nitrogens is 1. The van der Waals surface area contributed by atoms with Crippen LogP contribution in [0, 0.1) is 0 Å². The second-order valence-corrected chi connectivity index (χ2v) is 7.90. The van der Waals surface area contributed by atoms with Gasteiger partial charge < -0.3 is 19.3 Å². The third kappa shape index (κ3) is 5.00. The Morgan fingerprint density at radius 1 is 1.13 bits per heavy atom. The van der Waals surface area contributed by atoms with Gasteiger partial charge in [0.05, 0.1) is 44.3 Å². The number of hydrogen-bond acceptors (Lipinski definition) is 7. The summed E-state index contributed by atoms with van der Waals surface area (Å²) in [6.45, 7) is 4.20. The SMILES string of the molecule is C=CCN=c1scc(-c2cc(OC)ccc2OC)n1N=Cc1cc(Br)c(O)c(OC)c1. The molecule has 0 aliphatic rings. The van der Waals surface area contributed by atoms with Crippen LogP contribution in [0.25, 0.3) is 11.3 Å². The Labute approximate surface area is 192 Å². The zero-order valence-corrected chi connectivity index (χ0v) is 19.7. The lowest BCUT2D eigenvalue weighted by molar-refractivity contribution is 0.372. The number of rotatable bonds is 8. The molecule has 0 aliphatic heterocycles. The zero-order chi connectivity index (χ0) is 22.4. The second kappa shape index (κ2) is 10.3. The highest BCUT2D eigenvalue weighted by Crippen LogP contribution is 2.35. The van der Waals surface area contributed by atoms with E-state index in [1.165, 1.54) is 18.4 Å². The maximum absolute atomic E-state index is 10.0. The van der Waals surface area contributed by atoms with Crippen molar-refractivity contribution in [3.63, 3.8) is 0 Å². The van der Waals surface area contributed by atoms with Crippen molar-refractivity contribution >= 4 is 33.5 Å². The maximum atomic E-state index is 10.0. The molecule has 31 heavy (non-hydrogen) atoms. The highest BCUT2D eigenvalue weighted by atomic mass is 79.9. The molecule has 7 nitrogen and oxygen atoms in total. The first kappa shape index (κ1) is 22.6. The van der Waals surface area contributed by atoms with Gasteiger partial charge >= 0.3 is 0 Å². The number of aromatic hydroxyl groups is 1. The lowest BCUT2D eigenvalue weighted by atomic mass is 10.1. The molecule has 0 amide bonds. The third-order valence-corrected chi connectivity index (χ3v) is 5.77. The van der Waals surface area contributed by atoms with Gasteiger partial charge in [-0.3, -0.25) is 4.99 Å². The van der Waals surface area contributed by atoms with E-state index in [4.69, 9.17) is 14.2 Å². The van der Waals surface area contributed by atoms with E-state index in [2.05, 4.69) is 32.6 Å². The summed E-state index contributed by atoms with van der Waals surface area (Å²) in [5.74, 6) is 1.77. The van der Waals surface area contributed by atoms with Crippen LogP contribution < -0.4 is 19.0 Å². The van der Waals surface area contributed by atoms with Gasteiger partial charge in [-0.1, -0.05) is 6.08 Å². The Hall–Kier alpha value is -3.04. The largest absolute Gasteiger partial charge is 0.503 e. The summed E-state index contributed by atoms with van der Waals surface area (Å²) in [6.07, 6.45) is 3.39. The van der Waals surface area contributed by atoms with Gasteiger partial charge in [-0.25, -0.2) is 4.68 Å². The molecule has 162 valence electrons. The number of thiazole rings is 1. The molecular weight excluding hydrogens is 482 g/mol. The van der Waals surface area contributed by atoms with Gasteiger partial charge in [0.15, 0.2) is 11.5 Å². The molecule has 0 saturated carbocycles. The molecule has 0 spiro atoms. The molecule has 0 aliphatic carbocycles. The Balaban J connectivity index is 2.16. The fraction of sp³-hybridized carbons (Fsp3) is 0.182. The van der Waals surface area contributed by atoms with Crippen molar-refractivity contribution in [1.82, 2.24) is 4.68 Å². The fourth-order valence-corrected chi connectivity index (χ4v) is 4.11. The van der Waals surface area contributed by atoms with Crippen molar-refractivity contribution in [3.8, 4) is 34.3 Å². The predicted molar refractivity (Wildman–Crippen MR) is 127 cm³/mol. The molecule has 1 heterocycles. The Bertz CT molecular complexity index is 1180. The second-order valence-electron chi connectivity index (χ2n) is 6.21. The van der Waals surface area contributed by atoms with Gasteiger partial charge in [-0.15, -0.1) is 17.9 Å². The average Bonchev–Trinajstić information content (AvgIpc) is 3.20. The van der Waals surface area contributed by atoms with E-state index in [0.717, 1.165) is 16.8 Å². The third-order valence-electron chi connectivity index (χ3n) is 4.32. The number of methoxy groups -OCH3 is 3. The summed E-state index contributed by atoms with van der Waals surface area (Å²) < 4.78 is 18.4. The van der Waals surface area contributed by atoms with E-state index in [-0.39, 0.29) is 5.75 Å². The van der Waals surface area contributed by atoms with Crippen molar-refractivity contribution in [2.75, 3.05) is 27.9 Å². The first-order chi connectivity index (χ1) is 15.0. The molecular formula is C22H22BrN3O4S. The molecule has 3 aromatic rings. The summed E-state index contributed by atoms with van der Waals surface area (Å²) in [5.41, 5.74) is 2.35. The van der Waals surface area contributed by atoms with Gasteiger partial charge in [0.1, 0.15) is 11.5 Å². The van der Waals surface area contributed by atoms with Gasteiger partial charge in [-0.2, -0.15) is 5.10 Å². The van der Waals surface area contributed by atoms with Crippen molar-refractivity contribution in [1.29, 1.82) is 0 Å². The van der Waals surface area contributed by atoms with Crippen LogP contribution in [0.2, 0.25) is 0 Å². The van der Waals surface area contributed by atoms with Gasteiger partial charge in [-0.05, 0) is 51.8 Å². The van der Waals surface area contributed by atoms with Crippen LogP contribution in [0.15, 0.2) is 62.9 Å². The molecule has 3 rings (SSSR count). The number of benzene rings is 2. The molecule has 0 radical (unpaired) electrons. The van der Waals surface area contributed by atoms with Crippen LogP contribution in [0.3, 0.4) is 0 Å². The van der Waals surface area contributed by atoms with E-state index >= 15 is 0 Å². The molecule has 2 aromatic carbocycles. The number of phenolic OH excluding ortho intramolecular Hbond substituents is 1. The number of hydrogen-bond donors (Lipinski definition) is 1. The number of halogens is 1. The van der Waals surface area contributed by atoms with Gasteiger partial charge in [0.25, 0.3) is 0 Å². The first-order valence-corrected chi connectivity index (χ1v) is 10.8. The van der Waals surface area contributed by atoms with E-state index < -0.39 is 0 Å². The quantitative estimate of drug-likeness (QED) is 0.357. The first-order valence-electron chi connectivity index (χ1n) is 9.17. The molecule has 0 fully saturated rings. The van der Waals surface area contributed by atoms with Crippen LogP contribution in [0.4, 0.5) is 0 Å². The van der Waals surface area contributed by atoms with E-state index in [9.17, 15) is 5.11 Å². The minimum Gasteiger partial charge on any atom is -0.503 e. The van der Waals surface area contributed by atoms with E-state index in [0.29, 0.717) is 33.1 Å². The standard InChI is InChI=1S/C22H22BrN3O4S/c1-5-8-24-22-26(25-12-14-9-17(23)21(27)20(10-14)30-4)18(13-31-22)16-11-15(28-2)6-7-19(16)29-3/h5-7,9-13,27H,1,8H2,2-4H3. The van der Waals surface area contributed by atoms with Crippen LogP contribution in [-0.4, -0.2) is 43.9 Å². The minimum atomic E-state index is 0.0336. The van der Waals surface area contributed by atoms with Crippen molar-refractivity contribution < 1.29 is 19.3 Å². The summed E-state index contributed by atoms with van der Waals surface area (Å²) >= 11 is 4.79. The lowest BCUT2D eigenvalue weighted by Gasteiger charge is -2.11. The van der Waals surface area contributed by atoms with Crippen molar-refractivity contribution in [2.24, 2.45) is 10.1 Å². The molecule has 0 atom stereocenters. The summed E-state index contributed by atoms with van der Waals surface area (Å²) in [5, 5.41) is 16.7. The highest BCUT2D eigenvalue weighted by molar-refractivity contribution is 9.10. The molecule has 0 bridgehead atoms. The number of phenols is 1. The maximum Gasteiger partial charge on any atom is 0.206 e. The highest BCUT2D eigenvalue weighted by Gasteiger charge is 2.14. The van der Waals surface area contributed by atoms with Crippen molar-refractivity contribution in [2.45, 2.75) is 0 Å². The van der Waals surface area contributed by atoms with E-state index in [1.807, 2.05) is 23.6 Å². The predicted octanol–water partition coefficient (Wildman–Crippen LogP) is 4.68. The van der Waals surface area contributed by atoms with Crippen LogP contribution >= 0.6 is 27.3 Å². The smallest absolute Gasteiger partial charge is 0.206 e. The minimum absolute atomic E-state index is 0.0336. The summed E-state index contributed by atoms with van der Waals surface area (Å²) in [7, 11) is 4.73. The normalized spacial score (nSPS) is 11.7. The van der Waals surface area contributed by atoms with Crippen molar-refractivity contribution in [3.05, 3.63) is 63.2 Å². The molecule has 9 heteroatoms. The molecule has 1 N–H and O–H groups in total. The number of nitrogens with zero attached hydrogens (tertiary/aromatic N) is 3.